The second-order valence-electron chi connectivity index (χ2n) is 9.65. The lowest BCUT2D eigenvalue weighted by atomic mass is 9.69. The van der Waals surface area contributed by atoms with E-state index < -0.39 is 6.29 Å². The van der Waals surface area contributed by atoms with Crippen LogP contribution in [0.4, 0.5) is 0 Å². The average molecular weight is 304 g/mol. The maximum atomic E-state index is 10.4. The average Bonchev–Trinajstić information content (AvgIpc) is 2.66. The number of fused-ring (bicyclic) bond motifs is 1. The van der Waals surface area contributed by atoms with E-state index in [-0.39, 0.29) is 16.2 Å². The van der Waals surface area contributed by atoms with E-state index >= 15 is 0 Å². The van der Waals surface area contributed by atoms with E-state index in [1.54, 1.807) is 0 Å². The molecule has 0 spiro atoms. The standard InChI is InChI=1S/C20H32O2/c1-18(2,3)13-10-14(19(4,5)6)16(20(7,8)9)12-11-22-17(21)15(12)13/h10,17,21H,11H2,1-9H3. The molecule has 124 valence electrons. The van der Waals surface area contributed by atoms with Gasteiger partial charge in [-0.3, -0.25) is 0 Å². The van der Waals surface area contributed by atoms with Crippen LogP contribution in [-0.4, -0.2) is 5.11 Å². The normalized spacial score (nSPS) is 19.5. The number of hydrogen-bond donors (Lipinski definition) is 1. The van der Waals surface area contributed by atoms with Gasteiger partial charge in [-0.2, -0.15) is 0 Å². The molecule has 0 saturated heterocycles. The van der Waals surface area contributed by atoms with E-state index in [4.69, 9.17) is 4.74 Å². The van der Waals surface area contributed by atoms with Crippen LogP contribution in [-0.2, 0) is 27.6 Å². The fourth-order valence-electron chi connectivity index (χ4n) is 3.50. The second kappa shape index (κ2) is 5.07. The highest BCUT2D eigenvalue weighted by atomic mass is 16.6. The van der Waals surface area contributed by atoms with Gasteiger partial charge < -0.3 is 9.84 Å². The largest absolute Gasteiger partial charge is 0.364 e. The van der Waals surface area contributed by atoms with Crippen LogP contribution in [0.25, 0.3) is 0 Å². The summed E-state index contributed by atoms with van der Waals surface area (Å²) in [6.07, 6.45) is -0.792. The van der Waals surface area contributed by atoms with E-state index in [1.165, 1.54) is 22.3 Å². The number of benzene rings is 1. The Morgan fingerprint density at radius 3 is 1.77 bits per heavy atom. The molecular formula is C20H32O2. The summed E-state index contributed by atoms with van der Waals surface area (Å²) in [5, 5.41) is 10.4. The highest BCUT2D eigenvalue weighted by Crippen LogP contribution is 2.46. The highest BCUT2D eigenvalue weighted by Gasteiger charge is 2.37. The van der Waals surface area contributed by atoms with Crippen LogP contribution < -0.4 is 0 Å². The maximum Gasteiger partial charge on any atom is 0.182 e. The van der Waals surface area contributed by atoms with Crippen LogP contribution in [0.3, 0.4) is 0 Å². The zero-order chi connectivity index (χ0) is 17.1. The van der Waals surface area contributed by atoms with E-state index in [1.807, 2.05) is 0 Å². The van der Waals surface area contributed by atoms with Crippen molar-refractivity contribution in [2.24, 2.45) is 0 Å². The predicted molar refractivity (Wildman–Crippen MR) is 92.3 cm³/mol. The van der Waals surface area contributed by atoms with Gasteiger partial charge in [0.2, 0.25) is 0 Å². The zero-order valence-electron chi connectivity index (χ0n) is 15.7. The lowest BCUT2D eigenvalue weighted by molar-refractivity contribution is -0.0925. The van der Waals surface area contributed by atoms with Crippen molar-refractivity contribution in [1.82, 2.24) is 0 Å². The molecule has 1 atom stereocenters. The monoisotopic (exact) mass is 304 g/mol. The number of hydrogen-bond acceptors (Lipinski definition) is 2. The third kappa shape index (κ3) is 2.96. The summed E-state index contributed by atoms with van der Waals surface area (Å²) in [7, 11) is 0. The molecule has 2 heteroatoms. The Bertz CT molecular complexity index is 578. The molecule has 1 aliphatic heterocycles. The molecule has 0 radical (unpaired) electrons. The van der Waals surface area contributed by atoms with Crippen LogP contribution in [0, 0.1) is 0 Å². The van der Waals surface area contributed by atoms with Crippen molar-refractivity contribution >= 4 is 0 Å². The molecule has 1 aromatic rings. The molecule has 1 unspecified atom stereocenters. The van der Waals surface area contributed by atoms with E-state index in [0.29, 0.717) is 6.61 Å². The summed E-state index contributed by atoms with van der Waals surface area (Å²) >= 11 is 0. The summed E-state index contributed by atoms with van der Waals surface area (Å²) < 4.78 is 5.62. The first kappa shape index (κ1) is 17.5. The fraction of sp³-hybridized carbons (Fsp3) is 0.700. The molecule has 2 nitrogen and oxygen atoms in total. The lowest BCUT2D eigenvalue weighted by Crippen LogP contribution is -2.27. The van der Waals surface area contributed by atoms with Crippen LogP contribution in [0.5, 0.6) is 0 Å². The topological polar surface area (TPSA) is 29.5 Å². The van der Waals surface area contributed by atoms with Gasteiger partial charge >= 0.3 is 0 Å². The minimum Gasteiger partial charge on any atom is -0.364 e. The molecule has 0 amide bonds. The van der Waals surface area contributed by atoms with Crippen LogP contribution in [0.1, 0.15) is 96.4 Å². The lowest BCUT2D eigenvalue weighted by Gasteiger charge is -2.35. The van der Waals surface area contributed by atoms with Crippen molar-refractivity contribution in [1.29, 1.82) is 0 Å². The van der Waals surface area contributed by atoms with Gasteiger partial charge in [-0.05, 0) is 38.5 Å². The molecule has 22 heavy (non-hydrogen) atoms. The Labute approximate surface area is 135 Å². The van der Waals surface area contributed by atoms with E-state index in [0.717, 1.165) is 5.56 Å². The summed E-state index contributed by atoms with van der Waals surface area (Å²) in [5.41, 5.74) is 6.21. The van der Waals surface area contributed by atoms with Gasteiger partial charge in [0.15, 0.2) is 6.29 Å². The van der Waals surface area contributed by atoms with Gasteiger partial charge in [0, 0.05) is 5.56 Å². The van der Waals surface area contributed by atoms with Gasteiger partial charge in [-0.15, -0.1) is 0 Å². The molecular weight excluding hydrogens is 272 g/mol. The van der Waals surface area contributed by atoms with Crippen molar-refractivity contribution in [3.8, 4) is 0 Å². The summed E-state index contributed by atoms with van der Waals surface area (Å²) in [4.78, 5) is 0. The maximum absolute atomic E-state index is 10.4. The van der Waals surface area contributed by atoms with Gasteiger partial charge in [0.25, 0.3) is 0 Å². The van der Waals surface area contributed by atoms with Crippen molar-refractivity contribution in [3.63, 3.8) is 0 Å². The first-order chi connectivity index (χ1) is 9.74. The Kier molecular flexibility index (Phi) is 4.03. The van der Waals surface area contributed by atoms with Crippen molar-refractivity contribution in [3.05, 3.63) is 33.9 Å². The van der Waals surface area contributed by atoms with Crippen molar-refractivity contribution in [2.45, 2.75) is 91.5 Å². The molecule has 1 heterocycles. The van der Waals surface area contributed by atoms with Gasteiger partial charge in [-0.25, -0.2) is 0 Å². The summed E-state index contributed by atoms with van der Waals surface area (Å²) in [6, 6.07) is 2.32. The molecule has 1 aliphatic rings. The van der Waals surface area contributed by atoms with Crippen LogP contribution >= 0.6 is 0 Å². The Balaban J connectivity index is 2.92. The first-order valence-corrected chi connectivity index (χ1v) is 8.25. The minimum atomic E-state index is -0.792. The van der Waals surface area contributed by atoms with Crippen LogP contribution in [0.15, 0.2) is 6.07 Å². The summed E-state index contributed by atoms with van der Waals surface area (Å²) in [5.74, 6) is 0. The fourth-order valence-corrected chi connectivity index (χ4v) is 3.50. The third-order valence-electron chi connectivity index (χ3n) is 4.47. The quantitative estimate of drug-likeness (QED) is 0.722. The summed E-state index contributed by atoms with van der Waals surface area (Å²) in [6.45, 7) is 20.7. The van der Waals surface area contributed by atoms with E-state index in [2.05, 4.69) is 68.4 Å². The molecule has 0 saturated carbocycles. The first-order valence-electron chi connectivity index (χ1n) is 8.25. The third-order valence-corrected chi connectivity index (χ3v) is 4.47. The molecule has 1 aromatic carbocycles. The molecule has 0 bridgehead atoms. The number of aliphatic hydroxyl groups is 1. The van der Waals surface area contributed by atoms with Crippen molar-refractivity contribution < 1.29 is 9.84 Å². The molecule has 0 aromatic heterocycles. The number of aliphatic hydroxyl groups excluding tert-OH is 1. The molecule has 0 fully saturated rings. The zero-order valence-corrected chi connectivity index (χ0v) is 15.7. The number of rotatable bonds is 0. The molecule has 2 rings (SSSR count). The minimum absolute atomic E-state index is 0.0187. The molecule has 1 N–H and O–H groups in total. The second-order valence-corrected chi connectivity index (χ2v) is 9.65. The Morgan fingerprint density at radius 2 is 1.36 bits per heavy atom. The Hall–Kier alpha value is -0.860. The SMILES string of the molecule is CC(C)(C)c1cc(C(C)(C)C)c(C(C)(C)C)c2c1C(O)OC2. The molecule has 0 aliphatic carbocycles. The predicted octanol–water partition coefficient (Wildman–Crippen LogP) is 5.10. The van der Waals surface area contributed by atoms with Gasteiger partial charge in [-0.1, -0.05) is 68.4 Å². The van der Waals surface area contributed by atoms with Crippen molar-refractivity contribution in [2.75, 3.05) is 0 Å². The smallest absolute Gasteiger partial charge is 0.182 e. The van der Waals surface area contributed by atoms with Gasteiger partial charge in [0.1, 0.15) is 0 Å². The Morgan fingerprint density at radius 1 is 0.864 bits per heavy atom. The van der Waals surface area contributed by atoms with Crippen LogP contribution in [0.2, 0.25) is 0 Å². The van der Waals surface area contributed by atoms with E-state index in [9.17, 15) is 5.11 Å². The highest BCUT2D eigenvalue weighted by molar-refractivity contribution is 5.54. The van der Waals surface area contributed by atoms with Gasteiger partial charge in [0.05, 0.1) is 6.61 Å². The number of ether oxygens (including phenoxy) is 1.